The molecule has 1 N–H and O–H groups in total. The Kier molecular flexibility index (Phi) is 5.78. The van der Waals surface area contributed by atoms with Crippen LogP contribution in [0.1, 0.15) is 36.7 Å². The SMILES string of the molecule is CCOC(C)(C)CNC(=O)c1ccc(S(=O)(=O)Cl)cc1C. The van der Waals surface area contributed by atoms with Crippen LogP contribution in [0, 0.1) is 6.92 Å². The predicted molar refractivity (Wildman–Crippen MR) is 82.3 cm³/mol. The highest BCUT2D eigenvalue weighted by Gasteiger charge is 2.20. The standard InChI is InChI=1S/C14H20ClNO4S/c1-5-20-14(3,4)9-16-13(17)12-7-6-11(8-10(12)2)21(15,18)19/h6-8H,5,9H2,1-4H3,(H,16,17). The van der Waals surface area contributed by atoms with Crippen LogP contribution >= 0.6 is 10.7 Å². The molecule has 0 aliphatic heterocycles. The number of carbonyl (C=O) groups is 1. The van der Waals surface area contributed by atoms with E-state index in [0.29, 0.717) is 24.3 Å². The average Bonchev–Trinajstić information content (AvgIpc) is 2.35. The second-order valence-electron chi connectivity index (χ2n) is 5.29. The highest BCUT2D eigenvalue weighted by molar-refractivity contribution is 8.13. The van der Waals surface area contributed by atoms with Crippen molar-refractivity contribution in [2.24, 2.45) is 0 Å². The first-order valence-electron chi connectivity index (χ1n) is 6.54. The van der Waals surface area contributed by atoms with E-state index in [1.165, 1.54) is 18.2 Å². The van der Waals surface area contributed by atoms with Gasteiger partial charge in [0.1, 0.15) is 0 Å². The Hall–Kier alpha value is -1.11. The van der Waals surface area contributed by atoms with E-state index < -0.39 is 14.7 Å². The van der Waals surface area contributed by atoms with Crippen molar-refractivity contribution in [1.29, 1.82) is 0 Å². The van der Waals surface area contributed by atoms with E-state index in [1.54, 1.807) is 6.92 Å². The first-order chi connectivity index (χ1) is 9.57. The second-order valence-corrected chi connectivity index (χ2v) is 7.86. The van der Waals surface area contributed by atoms with Crippen LogP contribution in [0.4, 0.5) is 0 Å². The van der Waals surface area contributed by atoms with E-state index in [0.717, 1.165) is 0 Å². The molecule has 1 amide bonds. The normalized spacial score (nSPS) is 12.2. The predicted octanol–water partition coefficient (Wildman–Crippen LogP) is 2.47. The second kappa shape index (κ2) is 6.77. The lowest BCUT2D eigenvalue weighted by molar-refractivity contribution is -0.00816. The lowest BCUT2D eigenvalue weighted by Crippen LogP contribution is -2.40. The summed E-state index contributed by atoms with van der Waals surface area (Å²) in [5.41, 5.74) is 0.493. The van der Waals surface area contributed by atoms with Gasteiger partial charge in [-0.15, -0.1) is 0 Å². The average molecular weight is 334 g/mol. The van der Waals surface area contributed by atoms with E-state index in [9.17, 15) is 13.2 Å². The van der Waals surface area contributed by atoms with E-state index >= 15 is 0 Å². The number of aryl methyl sites for hydroxylation is 1. The number of carbonyl (C=O) groups excluding carboxylic acids is 1. The summed E-state index contributed by atoms with van der Waals surface area (Å²) < 4.78 is 28.0. The minimum atomic E-state index is -3.79. The maximum absolute atomic E-state index is 12.1. The molecule has 0 saturated heterocycles. The lowest BCUT2D eigenvalue weighted by atomic mass is 10.1. The van der Waals surface area contributed by atoms with Crippen LogP contribution in [-0.4, -0.2) is 33.1 Å². The molecule has 1 aromatic carbocycles. The fraction of sp³-hybridized carbons (Fsp3) is 0.500. The molecule has 118 valence electrons. The third-order valence-corrected chi connectivity index (χ3v) is 4.29. The van der Waals surface area contributed by atoms with Crippen LogP contribution in [0.2, 0.25) is 0 Å². The summed E-state index contributed by atoms with van der Waals surface area (Å²) in [6.45, 7) is 8.23. The Bertz CT molecular complexity index is 626. The van der Waals surface area contributed by atoms with Gasteiger partial charge in [0, 0.05) is 29.4 Å². The van der Waals surface area contributed by atoms with Crippen molar-refractivity contribution in [3.05, 3.63) is 29.3 Å². The Morgan fingerprint density at radius 2 is 2.00 bits per heavy atom. The summed E-state index contributed by atoms with van der Waals surface area (Å²) in [6, 6.07) is 4.15. The zero-order valence-corrected chi connectivity index (χ0v) is 14.1. The van der Waals surface area contributed by atoms with Crippen molar-refractivity contribution >= 4 is 25.6 Å². The van der Waals surface area contributed by atoms with E-state index in [-0.39, 0.29) is 10.8 Å². The summed E-state index contributed by atoms with van der Waals surface area (Å²) in [6.07, 6.45) is 0. The number of hydrogen-bond acceptors (Lipinski definition) is 4. The van der Waals surface area contributed by atoms with Gasteiger partial charge in [-0.3, -0.25) is 4.79 Å². The molecule has 5 nitrogen and oxygen atoms in total. The van der Waals surface area contributed by atoms with E-state index in [4.69, 9.17) is 15.4 Å². The summed E-state index contributed by atoms with van der Waals surface area (Å²) in [5, 5.41) is 2.78. The van der Waals surface area contributed by atoms with Gasteiger partial charge in [0.05, 0.1) is 10.5 Å². The van der Waals surface area contributed by atoms with Crippen LogP contribution in [0.3, 0.4) is 0 Å². The molecule has 0 saturated carbocycles. The van der Waals surface area contributed by atoms with Gasteiger partial charge in [-0.2, -0.15) is 0 Å². The molecule has 1 rings (SSSR count). The number of ether oxygens (including phenoxy) is 1. The lowest BCUT2D eigenvalue weighted by Gasteiger charge is -2.25. The first-order valence-corrected chi connectivity index (χ1v) is 8.85. The smallest absolute Gasteiger partial charge is 0.261 e. The van der Waals surface area contributed by atoms with Gasteiger partial charge in [0.15, 0.2) is 0 Å². The van der Waals surface area contributed by atoms with Crippen LogP contribution in [0.15, 0.2) is 23.1 Å². The topological polar surface area (TPSA) is 72.5 Å². The molecule has 0 atom stereocenters. The molecule has 0 heterocycles. The third kappa shape index (κ3) is 5.30. The van der Waals surface area contributed by atoms with Gasteiger partial charge < -0.3 is 10.1 Å². The van der Waals surface area contributed by atoms with E-state index in [2.05, 4.69) is 5.32 Å². The number of benzene rings is 1. The number of rotatable bonds is 6. The summed E-state index contributed by atoms with van der Waals surface area (Å²) >= 11 is 0. The molecule has 0 aromatic heterocycles. The molecule has 0 fully saturated rings. The molecule has 0 aliphatic carbocycles. The van der Waals surface area contributed by atoms with Crippen LogP contribution in [0.5, 0.6) is 0 Å². The highest BCUT2D eigenvalue weighted by Crippen LogP contribution is 2.19. The fourth-order valence-electron chi connectivity index (χ4n) is 1.87. The fourth-order valence-corrected chi connectivity index (χ4v) is 2.71. The molecule has 0 radical (unpaired) electrons. The Labute approximate surface area is 130 Å². The number of hydrogen-bond donors (Lipinski definition) is 1. The highest BCUT2D eigenvalue weighted by atomic mass is 35.7. The number of nitrogens with one attached hydrogen (secondary N) is 1. The van der Waals surface area contributed by atoms with Gasteiger partial charge >= 0.3 is 0 Å². The summed E-state index contributed by atoms with van der Waals surface area (Å²) in [7, 11) is 1.48. The van der Waals surface area contributed by atoms with Gasteiger partial charge in [0.25, 0.3) is 15.0 Å². The summed E-state index contributed by atoms with van der Waals surface area (Å²) in [5.74, 6) is -0.279. The summed E-state index contributed by atoms with van der Waals surface area (Å²) in [4.78, 5) is 12.1. The Morgan fingerprint density at radius 1 is 1.38 bits per heavy atom. The maximum Gasteiger partial charge on any atom is 0.261 e. The molecular weight excluding hydrogens is 314 g/mol. The molecule has 0 spiro atoms. The molecule has 7 heteroatoms. The van der Waals surface area contributed by atoms with Crippen LogP contribution in [-0.2, 0) is 13.8 Å². The van der Waals surface area contributed by atoms with Crippen LogP contribution < -0.4 is 5.32 Å². The minimum absolute atomic E-state index is 0.0205. The Morgan fingerprint density at radius 3 is 2.48 bits per heavy atom. The Balaban J connectivity index is 2.85. The molecular formula is C14H20ClNO4S. The maximum atomic E-state index is 12.1. The van der Waals surface area contributed by atoms with Crippen molar-refractivity contribution in [3.63, 3.8) is 0 Å². The van der Waals surface area contributed by atoms with Crippen molar-refractivity contribution in [1.82, 2.24) is 5.32 Å². The number of halogens is 1. The molecule has 0 unspecified atom stereocenters. The molecule has 1 aromatic rings. The molecule has 0 bridgehead atoms. The molecule has 21 heavy (non-hydrogen) atoms. The largest absolute Gasteiger partial charge is 0.374 e. The van der Waals surface area contributed by atoms with Gasteiger partial charge in [0.2, 0.25) is 0 Å². The van der Waals surface area contributed by atoms with E-state index in [1.807, 2.05) is 20.8 Å². The van der Waals surface area contributed by atoms with Gasteiger partial charge in [-0.25, -0.2) is 8.42 Å². The van der Waals surface area contributed by atoms with Crippen molar-refractivity contribution in [2.45, 2.75) is 38.2 Å². The third-order valence-electron chi connectivity index (χ3n) is 2.93. The van der Waals surface area contributed by atoms with Crippen molar-refractivity contribution in [2.75, 3.05) is 13.2 Å². The van der Waals surface area contributed by atoms with Gasteiger partial charge in [-0.1, -0.05) is 0 Å². The quantitative estimate of drug-likeness (QED) is 0.812. The number of amides is 1. The molecule has 0 aliphatic rings. The zero-order chi connectivity index (χ0) is 16.3. The van der Waals surface area contributed by atoms with Gasteiger partial charge in [-0.05, 0) is 51.5 Å². The minimum Gasteiger partial charge on any atom is -0.374 e. The van der Waals surface area contributed by atoms with Crippen molar-refractivity contribution in [3.8, 4) is 0 Å². The monoisotopic (exact) mass is 333 g/mol. The first kappa shape index (κ1) is 17.9. The zero-order valence-electron chi connectivity index (χ0n) is 12.6. The van der Waals surface area contributed by atoms with Crippen LogP contribution in [0.25, 0.3) is 0 Å². The van der Waals surface area contributed by atoms with Crippen molar-refractivity contribution < 1.29 is 17.9 Å².